The van der Waals surface area contributed by atoms with E-state index in [1.165, 1.54) is 0 Å². The Bertz CT molecular complexity index is 874. The van der Waals surface area contributed by atoms with Crippen LogP contribution >= 0.6 is 0 Å². The van der Waals surface area contributed by atoms with Gasteiger partial charge in [-0.3, -0.25) is 4.79 Å². The molecule has 2 aliphatic rings. The Morgan fingerprint density at radius 2 is 1.93 bits per heavy atom. The van der Waals surface area contributed by atoms with Gasteiger partial charge in [0, 0.05) is 45.3 Å². The van der Waals surface area contributed by atoms with E-state index >= 15 is 0 Å². The number of carbonyl (C=O) groups is 1. The van der Waals surface area contributed by atoms with Crippen LogP contribution in [0.5, 0.6) is 0 Å². The van der Waals surface area contributed by atoms with E-state index in [0.29, 0.717) is 32.7 Å². The van der Waals surface area contributed by atoms with E-state index < -0.39 is 11.9 Å². The molecule has 0 saturated carbocycles. The Morgan fingerprint density at radius 1 is 1.18 bits per heavy atom. The smallest absolute Gasteiger partial charge is 0.339 e. The number of amides is 1. The summed E-state index contributed by atoms with van der Waals surface area (Å²) in [7, 11) is 0. The quantitative estimate of drug-likeness (QED) is 0.763. The molecule has 1 amide bonds. The first-order chi connectivity index (χ1) is 13.3. The number of nitrogens with zero attached hydrogens (tertiary/aromatic N) is 7. The van der Waals surface area contributed by atoms with Gasteiger partial charge in [0.1, 0.15) is 17.3 Å². The van der Waals surface area contributed by atoms with Crippen LogP contribution in [0.2, 0.25) is 0 Å². The van der Waals surface area contributed by atoms with Crippen LogP contribution in [0.4, 0.5) is 19.1 Å². The van der Waals surface area contributed by atoms with Crippen LogP contribution in [-0.2, 0) is 23.9 Å². The molecule has 4 rings (SSSR count). The fraction of sp³-hybridized carbons (Fsp3) is 0.588. The summed E-state index contributed by atoms with van der Waals surface area (Å²) in [4.78, 5) is 23.9. The maximum atomic E-state index is 12.9. The minimum Gasteiger partial charge on any atom is -0.339 e. The number of anilines is 1. The number of piperazine rings is 1. The van der Waals surface area contributed by atoms with Crippen LogP contribution < -0.4 is 4.90 Å². The molecule has 2 aromatic heterocycles. The van der Waals surface area contributed by atoms with E-state index in [9.17, 15) is 18.0 Å². The first-order valence-corrected chi connectivity index (χ1v) is 9.15. The normalized spacial score (nSPS) is 20.2. The van der Waals surface area contributed by atoms with E-state index in [1.54, 1.807) is 9.80 Å². The van der Waals surface area contributed by atoms with Gasteiger partial charge in [-0.15, -0.1) is 10.2 Å². The number of carbonyl (C=O) groups excluding carboxylic acids is 1. The molecule has 2 aromatic rings. The maximum absolute atomic E-state index is 12.9. The monoisotopic (exact) mass is 395 g/mol. The van der Waals surface area contributed by atoms with Crippen molar-refractivity contribution in [2.45, 2.75) is 32.5 Å². The third-order valence-corrected chi connectivity index (χ3v) is 5.29. The summed E-state index contributed by atoms with van der Waals surface area (Å²) in [5.74, 6) is 1.71. The minimum absolute atomic E-state index is 0.0457. The Morgan fingerprint density at radius 3 is 2.64 bits per heavy atom. The van der Waals surface area contributed by atoms with E-state index in [2.05, 4.69) is 20.2 Å². The van der Waals surface area contributed by atoms with Crippen LogP contribution in [0.15, 0.2) is 12.3 Å². The van der Waals surface area contributed by atoms with E-state index in [1.807, 2.05) is 11.5 Å². The number of aromatic nitrogens is 5. The lowest BCUT2D eigenvalue weighted by atomic mass is 9.97. The Balaban J connectivity index is 1.38. The first-order valence-electron chi connectivity index (χ1n) is 9.15. The average Bonchev–Trinajstić information content (AvgIpc) is 3.07. The van der Waals surface area contributed by atoms with Crippen LogP contribution in [-0.4, -0.2) is 61.7 Å². The van der Waals surface area contributed by atoms with Crippen molar-refractivity contribution in [2.75, 3.05) is 31.1 Å². The van der Waals surface area contributed by atoms with E-state index in [0.717, 1.165) is 36.8 Å². The number of alkyl halides is 3. The summed E-state index contributed by atoms with van der Waals surface area (Å²) in [5, 5.41) is 8.18. The van der Waals surface area contributed by atoms with Crippen molar-refractivity contribution in [1.82, 2.24) is 29.6 Å². The van der Waals surface area contributed by atoms with E-state index in [4.69, 9.17) is 0 Å². The van der Waals surface area contributed by atoms with Crippen LogP contribution in [0, 0.1) is 12.8 Å². The molecular weight excluding hydrogens is 375 g/mol. The molecule has 1 atom stereocenters. The zero-order chi connectivity index (χ0) is 19.9. The molecule has 150 valence electrons. The molecule has 0 unspecified atom stereocenters. The Labute approximate surface area is 159 Å². The number of hydrogen-bond acceptors (Lipinski definition) is 6. The van der Waals surface area contributed by atoms with Gasteiger partial charge in [0.05, 0.1) is 5.92 Å². The SMILES string of the molecule is Cc1nnc2n1C[C@H](C(=O)N1CCN(c3nccc(C(F)(F)F)n3)CC1)CC2. The number of rotatable bonds is 2. The van der Waals surface area contributed by atoms with Crippen molar-refractivity contribution in [3.05, 3.63) is 29.6 Å². The van der Waals surface area contributed by atoms with Crippen molar-refractivity contribution in [3.8, 4) is 0 Å². The summed E-state index contributed by atoms with van der Waals surface area (Å²) in [6.07, 6.45) is -1.94. The van der Waals surface area contributed by atoms with Gasteiger partial charge < -0.3 is 14.4 Å². The summed E-state index contributed by atoms with van der Waals surface area (Å²) >= 11 is 0. The van der Waals surface area contributed by atoms with Crippen LogP contribution in [0.1, 0.15) is 23.8 Å². The highest BCUT2D eigenvalue weighted by Crippen LogP contribution is 2.28. The molecule has 1 saturated heterocycles. The molecule has 8 nitrogen and oxygen atoms in total. The highest BCUT2D eigenvalue weighted by molar-refractivity contribution is 5.79. The number of halogens is 3. The number of hydrogen-bond donors (Lipinski definition) is 0. The molecule has 0 N–H and O–H groups in total. The second kappa shape index (κ2) is 7.02. The van der Waals surface area contributed by atoms with Gasteiger partial charge >= 0.3 is 6.18 Å². The molecular formula is C17H20F3N7O. The zero-order valence-corrected chi connectivity index (χ0v) is 15.4. The molecule has 0 spiro atoms. The molecule has 2 aliphatic heterocycles. The third-order valence-electron chi connectivity index (χ3n) is 5.29. The summed E-state index contributed by atoms with van der Waals surface area (Å²) in [5.41, 5.74) is -0.960. The summed E-state index contributed by atoms with van der Waals surface area (Å²) in [6.45, 7) is 4.11. The maximum Gasteiger partial charge on any atom is 0.433 e. The molecule has 0 aliphatic carbocycles. The van der Waals surface area contributed by atoms with Gasteiger partial charge in [-0.1, -0.05) is 0 Å². The standard InChI is InChI=1S/C17H20F3N7O/c1-11-23-24-14-3-2-12(10-27(11)14)15(28)25-6-8-26(9-7-25)16-21-5-4-13(22-16)17(18,19)20/h4-5,12H,2-3,6-10H2,1H3/t12-/m1/s1. The second-order valence-corrected chi connectivity index (χ2v) is 7.06. The third kappa shape index (κ3) is 3.52. The van der Waals surface area contributed by atoms with Gasteiger partial charge in [-0.05, 0) is 19.4 Å². The van der Waals surface area contributed by atoms with Crippen molar-refractivity contribution in [1.29, 1.82) is 0 Å². The number of aryl methyl sites for hydroxylation is 2. The lowest BCUT2D eigenvalue weighted by Crippen LogP contribution is -2.51. The highest BCUT2D eigenvalue weighted by atomic mass is 19.4. The Kier molecular flexibility index (Phi) is 4.68. The van der Waals surface area contributed by atoms with Crippen LogP contribution in [0.3, 0.4) is 0 Å². The fourth-order valence-corrected chi connectivity index (χ4v) is 3.71. The largest absolute Gasteiger partial charge is 0.433 e. The second-order valence-electron chi connectivity index (χ2n) is 7.06. The highest BCUT2D eigenvalue weighted by Gasteiger charge is 2.35. The van der Waals surface area contributed by atoms with Gasteiger partial charge in [0.15, 0.2) is 0 Å². The first kappa shape index (κ1) is 18.6. The summed E-state index contributed by atoms with van der Waals surface area (Å²) in [6, 6.07) is 0.855. The summed E-state index contributed by atoms with van der Waals surface area (Å²) < 4.78 is 40.5. The molecule has 0 bridgehead atoms. The minimum atomic E-state index is -4.50. The molecule has 28 heavy (non-hydrogen) atoms. The van der Waals surface area contributed by atoms with Crippen molar-refractivity contribution >= 4 is 11.9 Å². The van der Waals surface area contributed by atoms with Gasteiger partial charge in [0.2, 0.25) is 11.9 Å². The predicted octanol–water partition coefficient (Wildman–Crippen LogP) is 1.31. The molecule has 4 heterocycles. The Hall–Kier alpha value is -2.72. The fourth-order valence-electron chi connectivity index (χ4n) is 3.71. The topological polar surface area (TPSA) is 80.0 Å². The molecule has 0 radical (unpaired) electrons. The van der Waals surface area contributed by atoms with E-state index in [-0.39, 0.29) is 17.8 Å². The van der Waals surface area contributed by atoms with Gasteiger partial charge in [-0.2, -0.15) is 13.2 Å². The lowest BCUT2D eigenvalue weighted by Gasteiger charge is -2.37. The lowest BCUT2D eigenvalue weighted by molar-refractivity contribution is -0.141. The van der Waals surface area contributed by atoms with Crippen molar-refractivity contribution < 1.29 is 18.0 Å². The molecule has 1 fully saturated rings. The van der Waals surface area contributed by atoms with Crippen LogP contribution in [0.25, 0.3) is 0 Å². The van der Waals surface area contributed by atoms with Gasteiger partial charge in [-0.25, -0.2) is 9.97 Å². The average molecular weight is 395 g/mol. The molecule has 0 aromatic carbocycles. The predicted molar refractivity (Wildman–Crippen MR) is 92.4 cm³/mol. The van der Waals surface area contributed by atoms with Crippen molar-refractivity contribution in [3.63, 3.8) is 0 Å². The molecule has 11 heteroatoms. The van der Waals surface area contributed by atoms with Gasteiger partial charge in [0.25, 0.3) is 0 Å². The zero-order valence-electron chi connectivity index (χ0n) is 15.4. The number of fused-ring (bicyclic) bond motifs is 1. The van der Waals surface area contributed by atoms with Crippen molar-refractivity contribution in [2.24, 2.45) is 5.92 Å².